The lowest BCUT2D eigenvalue weighted by Crippen LogP contribution is -2.24. The van der Waals surface area contributed by atoms with Crippen LogP contribution in [0.5, 0.6) is 0 Å². The van der Waals surface area contributed by atoms with Gasteiger partial charge in [-0.3, -0.25) is 9.59 Å². The van der Waals surface area contributed by atoms with Crippen LogP contribution in [0.25, 0.3) is 0 Å². The van der Waals surface area contributed by atoms with Gasteiger partial charge in [-0.15, -0.1) is 0 Å². The number of hydrogen-bond donors (Lipinski definition) is 1. The monoisotopic (exact) mass is 198 g/mol. The Labute approximate surface area is 82.3 Å². The Bertz CT molecular complexity index is 282. The molecule has 1 fully saturated rings. The molecule has 3 atom stereocenters. The summed E-state index contributed by atoms with van der Waals surface area (Å²) in [5.74, 6) is -2.65. The molecule has 0 spiro atoms. The van der Waals surface area contributed by atoms with Crippen LogP contribution in [0.4, 0.5) is 0 Å². The summed E-state index contributed by atoms with van der Waals surface area (Å²) >= 11 is 0. The molecule has 1 aliphatic carbocycles. The van der Waals surface area contributed by atoms with Crippen LogP contribution < -0.4 is 0 Å². The molecule has 0 saturated heterocycles. The number of aliphatic carboxylic acids is 1. The molecule has 4 heteroatoms. The number of carbonyl (C=O) groups is 3. The van der Waals surface area contributed by atoms with Crippen LogP contribution in [0.15, 0.2) is 0 Å². The molecule has 0 aliphatic heterocycles. The number of ketones is 2. The number of carboxylic acids is 1. The predicted octanol–water partition coefficient (Wildman–Crippen LogP) is 0.891. The first-order valence-electron chi connectivity index (χ1n) is 4.69. The fourth-order valence-electron chi connectivity index (χ4n) is 2.05. The molecule has 0 bridgehead atoms. The van der Waals surface area contributed by atoms with Crippen molar-refractivity contribution < 1.29 is 19.5 Å². The van der Waals surface area contributed by atoms with Crippen LogP contribution in [0.1, 0.15) is 26.7 Å². The quantitative estimate of drug-likeness (QED) is 0.731. The zero-order chi connectivity index (χ0) is 10.9. The highest BCUT2D eigenvalue weighted by Crippen LogP contribution is 2.35. The molecule has 1 saturated carbocycles. The molecule has 0 aromatic carbocycles. The molecule has 78 valence electrons. The van der Waals surface area contributed by atoms with E-state index >= 15 is 0 Å². The highest BCUT2D eigenvalue weighted by Gasteiger charge is 2.43. The average Bonchev–Trinajstić information content (AvgIpc) is 2.32. The minimum Gasteiger partial charge on any atom is -0.481 e. The van der Waals surface area contributed by atoms with Gasteiger partial charge in [0.2, 0.25) is 0 Å². The van der Waals surface area contributed by atoms with E-state index in [-0.39, 0.29) is 23.9 Å². The van der Waals surface area contributed by atoms with Crippen molar-refractivity contribution in [2.75, 3.05) is 0 Å². The lowest BCUT2D eigenvalue weighted by molar-refractivity contribution is -0.144. The molecule has 1 N–H and O–H groups in total. The summed E-state index contributed by atoms with van der Waals surface area (Å²) in [4.78, 5) is 33.2. The molecule has 0 radical (unpaired) electrons. The summed E-state index contributed by atoms with van der Waals surface area (Å²) in [6.45, 7) is 3.10. The predicted molar refractivity (Wildman–Crippen MR) is 48.7 cm³/mol. The van der Waals surface area contributed by atoms with E-state index in [4.69, 9.17) is 5.11 Å². The van der Waals surface area contributed by atoms with Gasteiger partial charge < -0.3 is 9.90 Å². The summed E-state index contributed by atoms with van der Waals surface area (Å²) in [5.41, 5.74) is 0. The van der Waals surface area contributed by atoms with Crippen molar-refractivity contribution in [3.05, 3.63) is 0 Å². The van der Waals surface area contributed by atoms with Crippen molar-refractivity contribution in [2.24, 2.45) is 17.8 Å². The lowest BCUT2D eigenvalue weighted by Gasteiger charge is -2.11. The van der Waals surface area contributed by atoms with Crippen molar-refractivity contribution in [3.8, 4) is 0 Å². The van der Waals surface area contributed by atoms with Crippen molar-refractivity contribution in [1.29, 1.82) is 0 Å². The SMILES string of the molecule is CC(=O)CC1C(=O)C(C)CC1C(=O)O. The van der Waals surface area contributed by atoms with Crippen molar-refractivity contribution >= 4 is 17.5 Å². The average molecular weight is 198 g/mol. The second-order valence-corrected chi connectivity index (χ2v) is 4.00. The van der Waals surface area contributed by atoms with Crippen LogP contribution in [-0.4, -0.2) is 22.6 Å². The van der Waals surface area contributed by atoms with Crippen LogP contribution in [0.2, 0.25) is 0 Å². The lowest BCUT2D eigenvalue weighted by atomic mass is 9.91. The van der Waals surface area contributed by atoms with Gasteiger partial charge in [0, 0.05) is 18.3 Å². The minimum atomic E-state index is -0.964. The minimum absolute atomic E-state index is 0.0696. The van der Waals surface area contributed by atoms with E-state index in [1.54, 1.807) is 6.92 Å². The Morgan fingerprint density at radius 1 is 1.50 bits per heavy atom. The van der Waals surface area contributed by atoms with E-state index in [1.807, 2.05) is 0 Å². The van der Waals surface area contributed by atoms with E-state index in [2.05, 4.69) is 0 Å². The van der Waals surface area contributed by atoms with E-state index < -0.39 is 17.8 Å². The summed E-state index contributed by atoms with van der Waals surface area (Å²) in [6.07, 6.45) is 0.437. The summed E-state index contributed by atoms with van der Waals surface area (Å²) in [5, 5.41) is 8.87. The van der Waals surface area contributed by atoms with Crippen molar-refractivity contribution in [1.82, 2.24) is 0 Å². The Balaban J connectivity index is 2.81. The van der Waals surface area contributed by atoms with Crippen LogP contribution in [0.3, 0.4) is 0 Å². The van der Waals surface area contributed by atoms with Gasteiger partial charge in [0.05, 0.1) is 5.92 Å². The standard InChI is InChI=1S/C10H14O4/c1-5-3-8(10(13)14)7(9(5)12)4-6(2)11/h5,7-8H,3-4H2,1-2H3,(H,13,14). The van der Waals surface area contributed by atoms with E-state index in [0.717, 1.165) is 0 Å². The molecule has 0 amide bonds. The Kier molecular flexibility index (Phi) is 3.03. The fraction of sp³-hybridized carbons (Fsp3) is 0.700. The van der Waals surface area contributed by atoms with Crippen molar-refractivity contribution in [2.45, 2.75) is 26.7 Å². The third-order valence-corrected chi connectivity index (χ3v) is 2.77. The molecule has 0 aromatic rings. The fourth-order valence-corrected chi connectivity index (χ4v) is 2.05. The molecule has 0 aromatic heterocycles. The van der Waals surface area contributed by atoms with Gasteiger partial charge in [0.15, 0.2) is 0 Å². The highest BCUT2D eigenvalue weighted by atomic mass is 16.4. The van der Waals surface area contributed by atoms with Gasteiger partial charge in [-0.25, -0.2) is 0 Å². The number of carboxylic acid groups (broad SMARTS) is 1. The largest absolute Gasteiger partial charge is 0.481 e. The number of hydrogen-bond acceptors (Lipinski definition) is 3. The summed E-state index contributed by atoms with van der Waals surface area (Å²) in [7, 11) is 0. The van der Waals surface area contributed by atoms with Crippen LogP contribution in [0, 0.1) is 17.8 Å². The maximum atomic E-state index is 11.5. The molecule has 3 unspecified atom stereocenters. The smallest absolute Gasteiger partial charge is 0.307 e. The van der Waals surface area contributed by atoms with Crippen molar-refractivity contribution in [3.63, 3.8) is 0 Å². The first-order chi connectivity index (χ1) is 6.43. The Morgan fingerprint density at radius 2 is 2.07 bits per heavy atom. The van der Waals surface area contributed by atoms with Gasteiger partial charge in [-0.1, -0.05) is 6.92 Å². The highest BCUT2D eigenvalue weighted by molar-refractivity contribution is 5.94. The van der Waals surface area contributed by atoms with Gasteiger partial charge in [-0.05, 0) is 13.3 Å². The zero-order valence-corrected chi connectivity index (χ0v) is 8.32. The molecular formula is C10H14O4. The third kappa shape index (κ3) is 2.00. The van der Waals surface area contributed by atoms with E-state index in [0.29, 0.717) is 6.42 Å². The molecule has 1 rings (SSSR count). The summed E-state index contributed by atoms with van der Waals surface area (Å²) < 4.78 is 0. The van der Waals surface area contributed by atoms with Gasteiger partial charge >= 0.3 is 5.97 Å². The second kappa shape index (κ2) is 3.90. The maximum absolute atomic E-state index is 11.5. The first-order valence-corrected chi connectivity index (χ1v) is 4.69. The molecule has 14 heavy (non-hydrogen) atoms. The van der Waals surface area contributed by atoms with Crippen LogP contribution >= 0.6 is 0 Å². The van der Waals surface area contributed by atoms with E-state index in [9.17, 15) is 14.4 Å². The number of Topliss-reactive ketones (excluding diaryl/α,β-unsaturated/α-hetero) is 2. The second-order valence-electron chi connectivity index (χ2n) is 4.00. The van der Waals surface area contributed by atoms with Gasteiger partial charge in [0.25, 0.3) is 0 Å². The summed E-state index contributed by atoms with van der Waals surface area (Å²) in [6, 6.07) is 0. The molecule has 1 aliphatic rings. The normalized spacial score (nSPS) is 31.9. The first kappa shape index (κ1) is 10.9. The molecular weight excluding hydrogens is 184 g/mol. The van der Waals surface area contributed by atoms with E-state index in [1.165, 1.54) is 6.92 Å². The molecule has 0 heterocycles. The zero-order valence-electron chi connectivity index (χ0n) is 8.32. The van der Waals surface area contributed by atoms with Gasteiger partial charge in [-0.2, -0.15) is 0 Å². The molecule has 4 nitrogen and oxygen atoms in total. The Morgan fingerprint density at radius 3 is 2.50 bits per heavy atom. The van der Waals surface area contributed by atoms with Crippen LogP contribution in [-0.2, 0) is 14.4 Å². The number of carbonyl (C=O) groups excluding carboxylic acids is 2. The maximum Gasteiger partial charge on any atom is 0.307 e. The number of rotatable bonds is 3. The van der Waals surface area contributed by atoms with Gasteiger partial charge in [0.1, 0.15) is 11.6 Å². The third-order valence-electron chi connectivity index (χ3n) is 2.77. The Hall–Kier alpha value is -1.19. The topological polar surface area (TPSA) is 71.4 Å².